The Kier molecular flexibility index (Phi) is 7.87. The molecule has 1 heterocycles. The Bertz CT molecular complexity index is 198. The van der Waals surface area contributed by atoms with Crippen LogP contribution in [0.15, 0.2) is 0 Å². The maximum atomic E-state index is 3.48. The van der Waals surface area contributed by atoms with Gasteiger partial charge in [0.05, 0.1) is 0 Å². The van der Waals surface area contributed by atoms with Gasteiger partial charge in [0.15, 0.2) is 0 Å². The molecule has 1 aliphatic heterocycles. The lowest BCUT2D eigenvalue weighted by molar-refractivity contribution is 0.143. The largest absolute Gasteiger partial charge is 0.315 e. The van der Waals surface area contributed by atoms with E-state index < -0.39 is 0 Å². The van der Waals surface area contributed by atoms with Crippen LogP contribution in [-0.2, 0) is 0 Å². The Hall–Kier alpha value is -0.120. The van der Waals surface area contributed by atoms with Gasteiger partial charge in [-0.25, -0.2) is 0 Å². The summed E-state index contributed by atoms with van der Waals surface area (Å²) in [5.41, 5.74) is 0. The average Bonchev–Trinajstić information content (AvgIpc) is 2.35. The second-order valence-electron chi connectivity index (χ2n) is 5.99. The Morgan fingerprint density at radius 2 is 1.89 bits per heavy atom. The van der Waals surface area contributed by atoms with Crippen LogP contribution in [-0.4, -0.2) is 62.2 Å². The summed E-state index contributed by atoms with van der Waals surface area (Å²) in [5.74, 6) is 0. The predicted molar refractivity (Wildman–Crippen MR) is 80.1 cm³/mol. The van der Waals surface area contributed by atoms with Gasteiger partial charge in [-0.3, -0.25) is 0 Å². The van der Waals surface area contributed by atoms with E-state index in [9.17, 15) is 0 Å². The van der Waals surface area contributed by atoms with Crippen LogP contribution in [0.25, 0.3) is 0 Å². The highest BCUT2D eigenvalue weighted by Crippen LogP contribution is 2.14. The van der Waals surface area contributed by atoms with Crippen molar-refractivity contribution in [1.29, 1.82) is 0 Å². The molecule has 1 aliphatic rings. The molecule has 1 fully saturated rings. The molecule has 108 valence electrons. The number of rotatable bonds is 8. The van der Waals surface area contributed by atoms with Crippen molar-refractivity contribution in [1.82, 2.24) is 15.1 Å². The smallest absolute Gasteiger partial charge is 0.0113 e. The molecule has 1 rings (SSSR count). The van der Waals surface area contributed by atoms with Crippen LogP contribution >= 0.6 is 0 Å². The first-order valence-electron chi connectivity index (χ1n) is 7.75. The van der Waals surface area contributed by atoms with E-state index in [1.807, 2.05) is 0 Å². The van der Waals surface area contributed by atoms with E-state index in [4.69, 9.17) is 0 Å². The van der Waals surface area contributed by atoms with Crippen LogP contribution in [0.4, 0.5) is 0 Å². The molecule has 1 saturated heterocycles. The van der Waals surface area contributed by atoms with Crippen molar-refractivity contribution in [3.63, 3.8) is 0 Å². The van der Waals surface area contributed by atoms with Gasteiger partial charge in [0.1, 0.15) is 0 Å². The van der Waals surface area contributed by atoms with Crippen molar-refractivity contribution in [3.8, 4) is 0 Å². The molecule has 3 heteroatoms. The van der Waals surface area contributed by atoms with Gasteiger partial charge in [0.2, 0.25) is 0 Å². The molecule has 0 aromatic rings. The molecule has 1 N–H and O–H groups in total. The van der Waals surface area contributed by atoms with Crippen LogP contribution in [0.2, 0.25) is 0 Å². The number of nitrogens with one attached hydrogen (secondary N) is 1. The van der Waals surface area contributed by atoms with E-state index in [0.29, 0.717) is 6.04 Å². The van der Waals surface area contributed by atoms with E-state index in [1.165, 1.54) is 51.7 Å². The van der Waals surface area contributed by atoms with Gasteiger partial charge in [-0.2, -0.15) is 0 Å². The number of nitrogens with zero attached hydrogens (tertiary/aromatic N) is 2. The fraction of sp³-hybridized carbons (Fsp3) is 1.00. The summed E-state index contributed by atoms with van der Waals surface area (Å²) >= 11 is 0. The SMILES string of the molecule is CCNC(C)CCCCN1CCC(N(C)C)CC1. The maximum Gasteiger partial charge on any atom is 0.0113 e. The zero-order valence-corrected chi connectivity index (χ0v) is 12.9. The summed E-state index contributed by atoms with van der Waals surface area (Å²) in [7, 11) is 4.42. The highest BCUT2D eigenvalue weighted by Gasteiger charge is 2.19. The minimum Gasteiger partial charge on any atom is -0.315 e. The van der Waals surface area contributed by atoms with Gasteiger partial charge in [-0.1, -0.05) is 13.3 Å². The molecule has 0 radical (unpaired) electrons. The molecule has 18 heavy (non-hydrogen) atoms. The first kappa shape index (κ1) is 15.9. The third-order valence-corrected chi connectivity index (χ3v) is 4.20. The molecule has 0 amide bonds. The minimum absolute atomic E-state index is 0.689. The van der Waals surface area contributed by atoms with E-state index in [1.54, 1.807) is 0 Å². The van der Waals surface area contributed by atoms with Crippen molar-refractivity contribution in [3.05, 3.63) is 0 Å². The number of hydrogen-bond acceptors (Lipinski definition) is 3. The second kappa shape index (κ2) is 8.89. The Morgan fingerprint density at radius 3 is 2.44 bits per heavy atom. The lowest BCUT2D eigenvalue weighted by Gasteiger charge is -2.35. The molecule has 0 spiro atoms. The van der Waals surface area contributed by atoms with E-state index in [2.05, 4.69) is 43.1 Å². The van der Waals surface area contributed by atoms with Crippen LogP contribution in [0.1, 0.15) is 46.0 Å². The van der Waals surface area contributed by atoms with E-state index in [0.717, 1.165) is 12.6 Å². The normalized spacial score (nSPS) is 20.5. The van der Waals surface area contributed by atoms with Crippen LogP contribution in [0.3, 0.4) is 0 Å². The molecular weight excluding hydrogens is 222 g/mol. The van der Waals surface area contributed by atoms with Crippen LogP contribution < -0.4 is 5.32 Å². The lowest BCUT2D eigenvalue weighted by Crippen LogP contribution is -2.42. The summed E-state index contributed by atoms with van der Waals surface area (Å²) in [6.07, 6.45) is 6.74. The summed E-state index contributed by atoms with van der Waals surface area (Å²) in [6, 6.07) is 1.50. The van der Waals surface area contributed by atoms with Gasteiger partial charge >= 0.3 is 0 Å². The molecule has 0 bridgehead atoms. The monoisotopic (exact) mass is 255 g/mol. The lowest BCUT2D eigenvalue weighted by atomic mass is 10.0. The van der Waals surface area contributed by atoms with Gasteiger partial charge in [0, 0.05) is 12.1 Å². The highest BCUT2D eigenvalue weighted by molar-refractivity contribution is 4.76. The van der Waals surface area contributed by atoms with Gasteiger partial charge in [-0.15, -0.1) is 0 Å². The zero-order valence-electron chi connectivity index (χ0n) is 12.9. The van der Waals surface area contributed by atoms with Crippen molar-refractivity contribution < 1.29 is 0 Å². The van der Waals surface area contributed by atoms with Crippen LogP contribution in [0.5, 0.6) is 0 Å². The van der Waals surface area contributed by atoms with Crippen molar-refractivity contribution in [2.24, 2.45) is 0 Å². The fourth-order valence-corrected chi connectivity index (χ4v) is 2.90. The third-order valence-electron chi connectivity index (χ3n) is 4.20. The van der Waals surface area contributed by atoms with E-state index in [-0.39, 0.29) is 0 Å². The van der Waals surface area contributed by atoms with Gasteiger partial charge in [-0.05, 0) is 72.9 Å². The predicted octanol–water partition coefficient (Wildman–Crippen LogP) is 2.18. The first-order valence-corrected chi connectivity index (χ1v) is 7.75. The highest BCUT2D eigenvalue weighted by atomic mass is 15.2. The topological polar surface area (TPSA) is 18.5 Å². The number of hydrogen-bond donors (Lipinski definition) is 1. The van der Waals surface area contributed by atoms with Crippen molar-refractivity contribution in [2.45, 2.75) is 58.0 Å². The molecule has 0 aromatic carbocycles. The molecule has 0 saturated carbocycles. The Balaban J connectivity index is 2.01. The standard InChI is InChI=1S/C15H33N3/c1-5-16-14(2)8-6-7-11-18-12-9-15(10-13-18)17(3)4/h14-16H,5-13H2,1-4H3. The minimum atomic E-state index is 0.689. The molecule has 0 aromatic heterocycles. The number of likely N-dealkylation sites (tertiary alicyclic amines) is 1. The summed E-state index contributed by atoms with van der Waals surface area (Å²) < 4.78 is 0. The van der Waals surface area contributed by atoms with Crippen molar-refractivity contribution in [2.75, 3.05) is 40.3 Å². The number of unbranched alkanes of at least 4 members (excludes halogenated alkanes) is 1. The molecule has 3 nitrogen and oxygen atoms in total. The summed E-state index contributed by atoms with van der Waals surface area (Å²) in [6.45, 7) is 9.48. The Morgan fingerprint density at radius 1 is 1.22 bits per heavy atom. The van der Waals surface area contributed by atoms with Gasteiger partial charge in [0.25, 0.3) is 0 Å². The van der Waals surface area contributed by atoms with Gasteiger partial charge < -0.3 is 15.1 Å². The Labute approximate surface area is 114 Å². The quantitative estimate of drug-likeness (QED) is 0.671. The van der Waals surface area contributed by atoms with Crippen molar-refractivity contribution >= 4 is 0 Å². The van der Waals surface area contributed by atoms with Crippen LogP contribution in [0, 0.1) is 0 Å². The summed E-state index contributed by atoms with van der Waals surface area (Å²) in [5, 5.41) is 3.48. The molecule has 0 aliphatic carbocycles. The molecule has 1 atom stereocenters. The third kappa shape index (κ3) is 6.17. The summed E-state index contributed by atoms with van der Waals surface area (Å²) in [4.78, 5) is 5.04. The fourth-order valence-electron chi connectivity index (χ4n) is 2.90. The first-order chi connectivity index (χ1) is 8.63. The average molecular weight is 255 g/mol. The maximum absolute atomic E-state index is 3.48. The van der Waals surface area contributed by atoms with E-state index >= 15 is 0 Å². The molecule has 1 unspecified atom stereocenters. The molecular formula is C15H33N3. The second-order valence-corrected chi connectivity index (χ2v) is 5.99. The number of piperidine rings is 1. The zero-order chi connectivity index (χ0) is 13.4.